The highest BCUT2D eigenvalue weighted by Gasteiger charge is 2.22. The van der Waals surface area contributed by atoms with Crippen molar-refractivity contribution in [3.8, 4) is 5.75 Å². The van der Waals surface area contributed by atoms with Crippen molar-refractivity contribution in [2.45, 2.75) is 38.9 Å². The molecule has 146 valence electrons. The van der Waals surface area contributed by atoms with Crippen molar-refractivity contribution in [3.63, 3.8) is 0 Å². The minimum atomic E-state index is -3.85. The van der Waals surface area contributed by atoms with E-state index >= 15 is 0 Å². The molecule has 27 heavy (non-hydrogen) atoms. The Kier molecular flexibility index (Phi) is 1.91. The van der Waals surface area contributed by atoms with Gasteiger partial charge in [0, 0.05) is 40.4 Å². The van der Waals surface area contributed by atoms with Gasteiger partial charge in [-0.2, -0.15) is 0 Å². The van der Waals surface area contributed by atoms with E-state index < -0.39 is 123 Å². The molecule has 0 spiro atoms. The molecule has 1 aromatic heterocycles. The molecule has 3 rings (SSSR count). The van der Waals surface area contributed by atoms with Gasteiger partial charge in [-0.25, -0.2) is 4.39 Å². The van der Waals surface area contributed by atoms with Crippen LogP contribution < -0.4 is 10.9 Å². The third kappa shape index (κ3) is 4.13. The van der Waals surface area contributed by atoms with Crippen LogP contribution in [-0.2, 0) is 6.50 Å². The number of likely N-dealkylation sites (tertiary alicyclic amines) is 1. The van der Waals surface area contributed by atoms with Gasteiger partial charge in [0.25, 0.3) is 12.9 Å². The second-order valence-corrected chi connectivity index (χ2v) is 5.00. The van der Waals surface area contributed by atoms with Gasteiger partial charge in [-0.05, 0) is 63.7 Å². The Bertz CT molecular complexity index is 1680. The van der Waals surface area contributed by atoms with Crippen LogP contribution in [-0.4, -0.2) is 48.0 Å². The molecule has 1 unspecified atom stereocenters. The maximum absolute atomic E-state index is 14.8. The number of nitrogens with one attached hydrogen (secondary N) is 1. The number of benzene rings is 1. The minimum absolute atomic E-state index is 0.222. The first-order valence-electron chi connectivity index (χ1n) is 17.8. The molecule has 0 radical (unpaired) electrons. The summed E-state index contributed by atoms with van der Waals surface area (Å²) in [5.74, 6) is -5.03. The standard InChI is InChI=1S/C20H26FN3O3/c1-2-24-16-8-7-14(21)13-15(16)18(25)17(20(24)27)19(26)22-9-6-12-23-10-4-3-5-11-23/h7-8,13,25H,2-6,9-12H2,1H3,(H,22,26)/i1D3,2D2,3D2,4D2,5D2,7D,8D,10D2,11D2,12D,13D/hD2. The van der Waals surface area contributed by atoms with Crippen molar-refractivity contribution >= 4 is 16.8 Å². The number of aromatic hydroxyl groups is 1. The normalized spacial score (nSPS) is 37.9. The molecular weight excluding hydrogens is 349 g/mol. The number of aryl methyl sites for hydroxylation is 1. The molecule has 6 nitrogen and oxygen atoms in total. The number of pyridine rings is 1. The topological polar surface area (TPSA) is 74.6 Å². The highest BCUT2D eigenvalue weighted by Crippen LogP contribution is 2.27. The first-order chi connectivity index (χ1) is 21.3. The van der Waals surface area contributed by atoms with E-state index in [1.807, 2.05) is 0 Å². The van der Waals surface area contributed by atoms with Gasteiger partial charge in [0.2, 0.25) is 0 Å². The van der Waals surface area contributed by atoms with Crippen molar-refractivity contribution in [1.82, 2.24) is 14.8 Å². The Labute approximate surface area is 187 Å². The summed E-state index contributed by atoms with van der Waals surface area (Å²) in [7, 11) is 0. The van der Waals surface area contributed by atoms with E-state index in [4.69, 9.17) is 28.9 Å². The molecule has 1 aromatic carbocycles. The maximum Gasteiger partial charge on any atom is 0.293 e. The lowest BCUT2D eigenvalue weighted by Crippen LogP contribution is -2.36. The minimum Gasteiger partial charge on any atom is -0.506 e. The summed E-state index contributed by atoms with van der Waals surface area (Å²) < 4.78 is 181. The fraction of sp³-hybridized carbons (Fsp3) is 0.500. The first kappa shape index (κ1) is 6.04. The molecule has 1 fully saturated rings. The quantitative estimate of drug-likeness (QED) is 0.754. The Morgan fingerprint density at radius 2 is 2.33 bits per heavy atom. The van der Waals surface area contributed by atoms with Gasteiger partial charge in [-0.1, -0.05) is 6.37 Å². The van der Waals surface area contributed by atoms with Crippen LogP contribution in [0.25, 0.3) is 10.9 Å². The summed E-state index contributed by atoms with van der Waals surface area (Å²) in [5, 5.41) is 2.88. The molecule has 1 aliphatic rings. The number of piperidine rings is 1. The number of halogens is 1. The molecule has 0 aliphatic carbocycles. The van der Waals surface area contributed by atoms with E-state index in [9.17, 15) is 14.0 Å². The molecule has 1 aliphatic heterocycles. The van der Waals surface area contributed by atoms with Gasteiger partial charge in [0.1, 0.15) is 17.1 Å². The van der Waals surface area contributed by atoms with E-state index in [1.54, 1.807) is 0 Å². The molecule has 7 heteroatoms. The number of rotatable bonds is 7. The molecule has 1 saturated heterocycles. The molecule has 2 aromatic rings. The van der Waals surface area contributed by atoms with E-state index in [-0.39, 0.29) is 14.8 Å². The number of hydrogen-bond acceptors (Lipinski definition) is 4. The van der Waals surface area contributed by atoms with Crippen LogP contribution in [0.15, 0.2) is 22.9 Å². The van der Waals surface area contributed by atoms with Gasteiger partial charge in [0.15, 0.2) is 1.41 Å². The van der Waals surface area contributed by atoms with Crippen molar-refractivity contribution in [1.29, 1.82) is 1.43 Å². The van der Waals surface area contributed by atoms with Gasteiger partial charge in [-0.3, -0.25) is 9.59 Å². The van der Waals surface area contributed by atoms with E-state index in [0.29, 0.717) is 0 Å². The lowest BCUT2D eigenvalue weighted by molar-refractivity contribution is 0.0946. The monoisotopic (exact) mass is 396 g/mol. The van der Waals surface area contributed by atoms with Crippen LogP contribution in [0.5, 0.6) is 5.75 Å². The van der Waals surface area contributed by atoms with Crippen LogP contribution in [0, 0.1) is 5.82 Å². The van der Waals surface area contributed by atoms with E-state index in [1.165, 1.54) is 0 Å². The average Bonchev–Trinajstić information content (AvgIpc) is 2.94. The van der Waals surface area contributed by atoms with Crippen LogP contribution >= 0.6 is 0 Å². The zero-order chi connectivity index (χ0) is 37.7. The first-order valence-corrected chi connectivity index (χ1v) is 7.38. The van der Waals surface area contributed by atoms with Crippen LogP contribution in [0.4, 0.5) is 4.39 Å². The maximum atomic E-state index is 14.8. The van der Waals surface area contributed by atoms with Gasteiger partial charge < -0.3 is 19.9 Å². The second kappa shape index (κ2) is 8.52. The number of aromatic nitrogens is 1. The fourth-order valence-corrected chi connectivity index (χ4v) is 2.20. The largest absolute Gasteiger partial charge is 0.506 e. The highest BCUT2D eigenvalue weighted by molar-refractivity contribution is 6.02. The SMILES string of the molecule is [2H]Oc1c(C(=O)N([2H])CCC([2H])N2C([2H])([2H])C([2H])([2H])C([2H])([2H])C([2H])([2H])C2([2H])[2H])c(=O)n(C([2H])([2H])C([2H])([2H])[2H])c2c([2H])c([2H])c(F)c([2H])c12. The predicted octanol–water partition coefficient (Wildman–Crippen LogP) is 2.47. The average molecular weight is 397 g/mol. The van der Waals surface area contributed by atoms with E-state index in [2.05, 4.69) is 5.11 Å². The van der Waals surface area contributed by atoms with Gasteiger partial charge >= 0.3 is 0 Å². The predicted molar refractivity (Wildman–Crippen MR) is 103 cm³/mol. The molecule has 0 bridgehead atoms. The van der Waals surface area contributed by atoms with Crippen molar-refractivity contribution in [2.75, 3.05) is 26.1 Å². The van der Waals surface area contributed by atoms with Crippen LogP contribution in [0.1, 0.15) is 68.8 Å². The van der Waals surface area contributed by atoms with Crippen LogP contribution in [0.3, 0.4) is 0 Å². The number of carbonyl (C=O) groups is 1. The smallest absolute Gasteiger partial charge is 0.293 e. The molecule has 2 heterocycles. The summed E-state index contributed by atoms with van der Waals surface area (Å²) in [6.07, 6.45) is -12.4. The number of carbonyl (C=O) groups excluding carboxylic acids is 1. The molecular formula is C20H26FN3O3. The number of hydrogen-bond donors (Lipinski definition) is 2. The Balaban J connectivity index is 2.20. The van der Waals surface area contributed by atoms with Crippen LogP contribution in [0.2, 0.25) is 1.41 Å². The number of amides is 1. The van der Waals surface area contributed by atoms with Crippen molar-refractivity contribution < 1.29 is 41.8 Å². The molecule has 0 saturated carbocycles. The van der Waals surface area contributed by atoms with Crippen molar-refractivity contribution in [2.24, 2.45) is 0 Å². The Morgan fingerprint density at radius 3 is 3.07 bits per heavy atom. The molecule has 1 amide bonds. The summed E-state index contributed by atoms with van der Waals surface area (Å²) in [4.78, 5) is 26.8. The van der Waals surface area contributed by atoms with Gasteiger partial charge in [0.05, 0.1) is 9.63 Å². The molecule has 1 atom stereocenters. The number of fused-ring (bicyclic) bond motifs is 1. The van der Waals surface area contributed by atoms with E-state index in [0.717, 1.165) is 0 Å². The Hall–Kier alpha value is -2.41. The molecule has 2 N–H and O–H groups in total. The van der Waals surface area contributed by atoms with Gasteiger partial charge in [-0.15, -0.1) is 0 Å². The summed E-state index contributed by atoms with van der Waals surface area (Å²) in [5.41, 5.74) is -4.77. The second-order valence-electron chi connectivity index (χ2n) is 5.00. The van der Waals surface area contributed by atoms with Crippen molar-refractivity contribution in [3.05, 3.63) is 39.9 Å². The Morgan fingerprint density at radius 1 is 1.52 bits per heavy atom. The number of nitrogens with zero attached hydrogens (tertiary/aromatic N) is 2. The summed E-state index contributed by atoms with van der Waals surface area (Å²) in [6, 6.07) is -4.16. The lowest BCUT2D eigenvalue weighted by Gasteiger charge is -2.26. The fourth-order valence-electron chi connectivity index (χ4n) is 2.20. The summed E-state index contributed by atoms with van der Waals surface area (Å²) >= 11 is 0. The zero-order valence-electron chi connectivity index (χ0n) is 34.4. The zero-order valence-corrected chi connectivity index (χ0v) is 13.4. The lowest BCUT2D eigenvalue weighted by atomic mass is 10.1. The summed E-state index contributed by atoms with van der Waals surface area (Å²) in [6.45, 7) is -18.6. The third-order valence-corrected chi connectivity index (χ3v) is 3.36. The third-order valence-electron chi connectivity index (χ3n) is 3.36. The highest BCUT2D eigenvalue weighted by atomic mass is 19.1.